The average Bonchev–Trinajstić information content (AvgIpc) is 2.92. The molecule has 8 nitrogen and oxygen atoms in total. The summed E-state index contributed by atoms with van der Waals surface area (Å²) in [6.45, 7) is 1.17. The maximum Gasteiger partial charge on any atom is 0.264 e. The van der Waals surface area contributed by atoms with Gasteiger partial charge >= 0.3 is 0 Å². The van der Waals surface area contributed by atoms with Crippen molar-refractivity contribution in [1.82, 2.24) is 10.2 Å². The summed E-state index contributed by atoms with van der Waals surface area (Å²) in [5, 5.41) is 3.33. The summed E-state index contributed by atoms with van der Waals surface area (Å²) in [5.74, 6) is -0.552. The lowest BCUT2D eigenvalue weighted by Crippen LogP contribution is -2.51. The number of hydrogen-bond donors (Lipinski definition) is 1. The van der Waals surface area contributed by atoms with Gasteiger partial charge in [0.2, 0.25) is 11.8 Å². The van der Waals surface area contributed by atoms with Crippen molar-refractivity contribution in [2.75, 3.05) is 25.0 Å². The second-order valence-corrected chi connectivity index (χ2v) is 11.0. The summed E-state index contributed by atoms with van der Waals surface area (Å²) < 4.78 is 33.8. The number of nitrogens with one attached hydrogen (secondary N) is 1. The molecule has 202 valence electrons. The largest absolute Gasteiger partial charge is 0.497 e. The molecule has 3 rings (SSSR count). The predicted molar refractivity (Wildman–Crippen MR) is 149 cm³/mol. The molecule has 0 fully saturated rings. The van der Waals surface area contributed by atoms with Gasteiger partial charge in [-0.25, -0.2) is 8.42 Å². The summed E-state index contributed by atoms with van der Waals surface area (Å²) in [6.07, 6.45) is 0.293. The fourth-order valence-electron chi connectivity index (χ4n) is 3.93. The molecule has 0 radical (unpaired) electrons. The zero-order valence-electron chi connectivity index (χ0n) is 21.2. The van der Waals surface area contributed by atoms with Gasteiger partial charge in [-0.3, -0.25) is 13.9 Å². The Hall–Kier alpha value is -3.27. The first-order chi connectivity index (χ1) is 18.1. The van der Waals surface area contributed by atoms with Crippen molar-refractivity contribution in [3.8, 4) is 5.75 Å². The summed E-state index contributed by atoms with van der Waals surface area (Å²) >= 11 is 12.4. The SMILES string of the molecule is CC[C@H](C(=O)NC)N(Cc1ccc(Cl)cc1Cl)C(=O)CN(c1cccc(OC)c1)S(=O)(=O)c1ccccc1. The number of ether oxygens (including phenoxy) is 1. The topological polar surface area (TPSA) is 96.0 Å². The first-order valence-electron chi connectivity index (χ1n) is 11.8. The van der Waals surface area contributed by atoms with Crippen LogP contribution in [0.4, 0.5) is 5.69 Å². The van der Waals surface area contributed by atoms with E-state index in [2.05, 4.69) is 5.32 Å². The normalized spacial score (nSPS) is 11.9. The molecular formula is C27H29Cl2N3O5S. The Morgan fingerprint density at radius 1 is 1.00 bits per heavy atom. The zero-order valence-corrected chi connectivity index (χ0v) is 23.6. The lowest BCUT2D eigenvalue weighted by Gasteiger charge is -2.33. The second kappa shape index (κ2) is 13.0. The number of amides is 2. The summed E-state index contributed by atoms with van der Waals surface area (Å²) in [4.78, 5) is 28.0. The van der Waals surface area contributed by atoms with E-state index < -0.39 is 28.5 Å². The molecule has 0 aromatic heterocycles. The quantitative estimate of drug-likeness (QED) is 0.354. The molecular weight excluding hydrogens is 549 g/mol. The second-order valence-electron chi connectivity index (χ2n) is 8.32. The highest BCUT2D eigenvalue weighted by Crippen LogP contribution is 2.28. The van der Waals surface area contributed by atoms with Crippen LogP contribution in [0.1, 0.15) is 18.9 Å². The number of sulfonamides is 1. The minimum Gasteiger partial charge on any atom is -0.497 e. The standard InChI is InChI=1S/C27H29Cl2N3O5S/c1-4-25(27(34)30-2)31(17-19-13-14-20(28)15-24(19)29)26(33)18-32(21-9-8-10-22(16-21)37-3)38(35,36)23-11-6-5-7-12-23/h5-16,25H,4,17-18H2,1-3H3,(H,30,34)/t25-/m1/s1. The Balaban J connectivity index is 2.08. The molecule has 2 amide bonds. The Labute approximate surface area is 233 Å². The molecule has 0 aliphatic rings. The molecule has 0 heterocycles. The summed E-state index contributed by atoms with van der Waals surface area (Å²) in [7, 11) is -1.22. The van der Waals surface area contributed by atoms with Gasteiger partial charge in [0.25, 0.3) is 10.0 Å². The number of methoxy groups -OCH3 is 1. The monoisotopic (exact) mass is 577 g/mol. The molecule has 0 unspecified atom stereocenters. The van der Waals surface area contributed by atoms with Crippen LogP contribution >= 0.6 is 23.2 Å². The summed E-state index contributed by atoms with van der Waals surface area (Å²) in [5.41, 5.74) is 0.796. The first-order valence-corrected chi connectivity index (χ1v) is 14.0. The van der Waals surface area contributed by atoms with E-state index in [1.807, 2.05) is 0 Å². The van der Waals surface area contributed by atoms with Crippen LogP contribution < -0.4 is 14.4 Å². The van der Waals surface area contributed by atoms with Crippen molar-refractivity contribution in [3.05, 3.63) is 88.4 Å². The molecule has 3 aromatic carbocycles. The van der Waals surface area contributed by atoms with Crippen LogP contribution in [-0.2, 0) is 26.2 Å². The van der Waals surface area contributed by atoms with Gasteiger partial charge in [-0.15, -0.1) is 0 Å². The van der Waals surface area contributed by atoms with E-state index in [-0.39, 0.29) is 23.0 Å². The maximum absolute atomic E-state index is 13.9. The fraction of sp³-hybridized carbons (Fsp3) is 0.259. The average molecular weight is 579 g/mol. The minimum atomic E-state index is -4.17. The molecule has 0 aliphatic heterocycles. The fourth-order valence-corrected chi connectivity index (χ4v) is 5.83. The number of carbonyl (C=O) groups excluding carboxylic acids is 2. The van der Waals surface area contributed by atoms with Gasteiger partial charge in [-0.05, 0) is 48.4 Å². The molecule has 0 aliphatic carbocycles. The number of anilines is 1. The number of hydrogen-bond acceptors (Lipinski definition) is 5. The number of carbonyl (C=O) groups is 2. The van der Waals surface area contributed by atoms with Crippen molar-refractivity contribution in [2.45, 2.75) is 30.8 Å². The highest BCUT2D eigenvalue weighted by molar-refractivity contribution is 7.92. The van der Waals surface area contributed by atoms with Gasteiger partial charge in [-0.2, -0.15) is 0 Å². The molecule has 3 aromatic rings. The van der Waals surface area contributed by atoms with Gasteiger partial charge in [0.1, 0.15) is 18.3 Å². The van der Waals surface area contributed by atoms with Crippen molar-refractivity contribution >= 4 is 50.7 Å². The van der Waals surface area contributed by atoms with E-state index in [0.717, 1.165) is 4.31 Å². The number of likely N-dealkylation sites (N-methyl/N-ethyl adjacent to an activating group) is 1. The Bertz CT molecular complexity index is 1390. The smallest absolute Gasteiger partial charge is 0.264 e. The first kappa shape index (κ1) is 29.3. The number of rotatable bonds is 11. The van der Waals surface area contributed by atoms with Gasteiger partial charge in [0.15, 0.2) is 0 Å². The number of benzene rings is 3. The van der Waals surface area contributed by atoms with Crippen LogP contribution in [-0.4, -0.2) is 51.9 Å². The third-order valence-corrected chi connectivity index (χ3v) is 8.31. The lowest BCUT2D eigenvalue weighted by atomic mass is 10.1. The third kappa shape index (κ3) is 6.78. The van der Waals surface area contributed by atoms with E-state index in [1.54, 1.807) is 61.5 Å². The molecule has 0 saturated heterocycles. The van der Waals surface area contributed by atoms with Crippen LogP contribution in [0.15, 0.2) is 77.7 Å². The van der Waals surface area contributed by atoms with Crippen LogP contribution in [0, 0.1) is 0 Å². The van der Waals surface area contributed by atoms with Gasteiger partial charge in [-0.1, -0.05) is 60.5 Å². The zero-order chi connectivity index (χ0) is 27.9. The van der Waals surface area contributed by atoms with E-state index >= 15 is 0 Å². The molecule has 1 atom stereocenters. The third-order valence-electron chi connectivity index (χ3n) is 5.94. The van der Waals surface area contributed by atoms with Crippen LogP contribution in [0.2, 0.25) is 10.0 Å². The van der Waals surface area contributed by atoms with E-state index in [9.17, 15) is 18.0 Å². The van der Waals surface area contributed by atoms with Gasteiger partial charge < -0.3 is 15.0 Å². The molecule has 0 saturated carbocycles. The Morgan fingerprint density at radius 3 is 2.32 bits per heavy atom. The molecule has 11 heteroatoms. The van der Waals surface area contributed by atoms with Crippen LogP contribution in [0.3, 0.4) is 0 Å². The van der Waals surface area contributed by atoms with E-state index in [4.69, 9.17) is 27.9 Å². The van der Waals surface area contributed by atoms with Crippen molar-refractivity contribution in [2.24, 2.45) is 0 Å². The Morgan fingerprint density at radius 2 is 1.71 bits per heavy atom. The number of halogens is 2. The van der Waals surface area contributed by atoms with Gasteiger partial charge in [0, 0.05) is 29.7 Å². The molecule has 0 bridgehead atoms. The van der Waals surface area contributed by atoms with Gasteiger partial charge in [0.05, 0.1) is 17.7 Å². The highest BCUT2D eigenvalue weighted by Gasteiger charge is 2.33. The maximum atomic E-state index is 13.9. The Kier molecular flexibility index (Phi) is 10.0. The lowest BCUT2D eigenvalue weighted by molar-refractivity contribution is -0.140. The number of nitrogens with zero attached hydrogens (tertiary/aromatic N) is 2. The van der Waals surface area contributed by atoms with Crippen molar-refractivity contribution in [1.29, 1.82) is 0 Å². The van der Waals surface area contributed by atoms with Crippen molar-refractivity contribution in [3.63, 3.8) is 0 Å². The van der Waals surface area contributed by atoms with E-state index in [1.165, 1.54) is 37.3 Å². The minimum absolute atomic E-state index is 0.0151. The molecule has 38 heavy (non-hydrogen) atoms. The van der Waals surface area contributed by atoms with E-state index in [0.29, 0.717) is 27.8 Å². The van der Waals surface area contributed by atoms with Crippen molar-refractivity contribution < 1.29 is 22.7 Å². The van der Waals surface area contributed by atoms with Crippen LogP contribution in [0.25, 0.3) is 0 Å². The predicted octanol–water partition coefficient (Wildman–Crippen LogP) is 4.75. The molecule has 0 spiro atoms. The highest BCUT2D eigenvalue weighted by atomic mass is 35.5. The summed E-state index contributed by atoms with van der Waals surface area (Å²) in [6, 6.07) is 18.2. The van der Waals surface area contributed by atoms with Crippen LogP contribution in [0.5, 0.6) is 5.75 Å². The molecule has 1 N–H and O–H groups in total.